The first-order valence-corrected chi connectivity index (χ1v) is 8.51. The number of carbonyl (C=O) groups is 1. The quantitative estimate of drug-likeness (QED) is 0.624. The minimum absolute atomic E-state index is 0.208. The van der Waals surface area contributed by atoms with Crippen LogP contribution in [0.3, 0.4) is 0 Å². The normalized spacial score (nSPS) is 10.4. The summed E-state index contributed by atoms with van der Waals surface area (Å²) in [6, 6.07) is 20.5. The van der Waals surface area contributed by atoms with Gasteiger partial charge in [-0.15, -0.1) is 0 Å². The highest BCUT2D eigenvalue weighted by atomic mass is 35.5. The Morgan fingerprint density at radius 2 is 1.58 bits per heavy atom. The number of carboxylic acids is 1. The molecule has 0 atom stereocenters. The van der Waals surface area contributed by atoms with Crippen molar-refractivity contribution in [3.05, 3.63) is 77.3 Å². The summed E-state index contributed by atoms with van der Waals surface area (Å²) in [5.74, 6) is -0.981. The van der Waals surface area contributed by atoms with Crippen LogP contribution in [0.4, 0.5) is 17.1 Å². The molecule has 0 aromatic heterocycles. The van der Waals surface area contributed by atoms with Gasteiger partial charge in [0.1, 0.15) is 0 Å². The van der Waals surface area contributed by atoms with Crippen LogP contribution in [0.5, 0.6) is 0 Å². The molecule has 3 aromatic carbocycles. The lowest BCUT2D eigenvalue weighted by molar-refractivity contribution is 0.0698. The largest absolute Gasteiger partial charge is 0.478 e. The third kappa shape index (κ3) is 3.51. The zero-order chi connectivity index (χ0) is 18.7. The SMILES string of the molecule is CN(C)c1ccc(Nc2ccccc2C(=O)O)c(-c2ccccc2)c1Cl. The number of benzene rings is 3. The first kappa shape index (κ1) is 17.8. The lowest BCUT2D eigenvalue weighted by atomic mass is 10.0. The van der Waals surface area contributed by atoms with Crippen LogP contribution in [-0.2, 0) is 0 Å². The maximum atomic E-state index is 11.5. The van der Waals surface area contributed by atoms with Crippen LogP contribution < -0.4 is 10.2 Å². The fraction of sp³-hybridized carbons (Fsp3) is 0.0952. The minimum atomic E-state index is -0.981. The number of para-hydroxylation sites is 1. The van der Waals surface area contributed by atoms with Crippen molar-refractivity contribution in [1.29, 1.82) is 0 Å². The van der Waals surface area contributed by atoms with Crippen molar-refractivity contribution in [2.75, 3.05) is 24.3 Å². The van der Waals surface area contributed by atoms with E-state index in [1.165, 1.54) is 0 Å². The number of nitrogens with zero attached hydrogens (tertiary/aromatic N) is 1. The molecule has 0 saturated carbocycles. The molecule has 0 saturated heterocycles. The molecule has 0 aliphatic carbocycles. The van der Waals surface area contributed by atoms with Gasteiger partial charge in [-0.3, -0.25) is 0 Å². The van der Waals surface area contributed by atoms with E-state index in [0.717, 1.165) is 22.5 Å². The third-order valence-corrected chi connectivity index (χ3v) is 4.48. The fourth-order valence-corrected chi connectivity index (χ4v) is 3.27. The Balaban J connectivity index is 2.17. The summed E-state index contributed by atoms with van der Waals surface area (Å²) in [4.78, 5) is 13.5. The number of hydrogen-bond donors (Lipinski definition) is 2. The van der Waals surface area contributed by atoms with Crippen molar-refractivity contribution in [2.45, 2.75) is 0 Å². The number of halogens is 1. The molecule has 132 valence electrons. The molecule has 3 aromatic rings. The van der Waals surface area contributed by atoms with Gasteiger partial charge >= 0.3 is 5.97 Å². The maximum Gasteiger partial charge on any atom is 0.337 e. The van der Waals surface area contributed by atoms with Crippen LogP contribution in [0.25, 0.3) is 11.1 Å². The van der Waals surface area contributed by atoms with Crippen molar-refractivity contribution in [3.63, 3.8) is 0 Å². The van der Waals surface area contributed by atoms with E-state index < -0.39 is 5.97 Å². The van der Waals surface area contributed by atoms with E-state index >= 15 is 0 Å². The molecule has 0 heterocycles. The van der Waals surface area contributed by atoms with Gasteiger partial charge in [-0.2, -0.15) is 0 Å². The Hall–Kier alpha value is -2.98. The summed E-state index contributed by atoms with van der Waals surface area (Å²) in [6.07, 6.45) is 0. The Morgan fingerprint density at radius 3 is 2.23 bits per heavy atom. The highest BCUT2D eigenvalue weighted by Gasteiger charge is 2.17. The predicted octanol–water partition coefficient (Wildman–Crippen LogP) is 5.51. The smallest absolute Gasteiger partial charge is 0.337 e. The van der Waals surface area contributed by atoms with E-state index in [9.17, 15) is 9.90 Å². The van der Waals surface area contributed by atoms with Gasteiger partial charge in [0.05, 0.1) is 22.0 Å². The summed E-state index contributed by atoms with van der Waals surface area (Å²) < 4.78 is 0. The average molecular weight is 367 g/mol. The Bertz CT molecular complexity index is 940. The zero-order valence-corrected chi connectivity index (χ0v) is 15.3. The van der Waals surface area contributed by atoms with E-state index in [0.29, 0.717) is 10.7 Å². The van der Waals surface area contributed by atoms with E-state index in [2.05, 4.69) is 5.32 Å². The van der Waals surface area contributed by atoms with Crippen molar-refractivity contribution in [2.24, 2.45) is 0 Å². The van der Waals surface area contributed by atoms with Gasteiger partial charge in [-0.05, 0) is 29.8 Å². The van der Waals surface area contributed by atoms with E-state index in [-0.39, 0.29) is 5.56 Å². The lowest BCUT2D eigenvalue weighted by Crippen LogP contribution is -2.10. The fourth-order valence-electron chi connectivity index (χ4n) is 2.83. The van der Waals surface area contributed by atoms with Crippen molar-refractivity contribution in [3.8, 4) is 11.1 Å². The Kier molecular flexibility index (Phi) is 5.14. The van der Waals surface area contributed by atoms with Crippen LogP contribution in [-0.4, -0.2) is 25.2 Å². The second kappa shape index (κ2) is 7.50. The number of nitrogens with one attached hydrogen (secondary N) is 1. The molecule has 0 unspecified atom stereocenters. The first-order chi connectivity index (χ1) is 12.5. The summed E-state index contributed by atoms with van der Waals surface area (Å²) in [6.45, 7) is 0. The molecule has 0 spiro atoms. The summed E-state index contributed by atoms with van der Waals surface area (Å²) in [5.41, 5.74) is 4.16. The number of hydrogen-bond acceptors (Lipinski definition) is 3. The van der Waals surface area contributed by atoms with Crippen LogP contribution in [0, 0.1) is 0 Å². The van der Waals surface area contributed by atoms with Crippen LogP contribution >= 0.6 is 11.6 Å². The average Bonchev–Trinajstić information content (AvgIpc) is 2.62. The molecule has 2 N–H and O–H groups in total. The molecule has 0 bridgehead atoms. The maximum absolute atomic E-state index is 11.5. The molecular formula is C21H19ClN2O2. The number of anilines is 3. The summed E-state index contributed by atoms with van der Waals surface area (Å²) in [7, 11) is 3.87. The van der Waals surface area contributed by atoms with Gasteiger partial charge < -0.3 is 15.3 Å². The molecule has 26 heavy (non-hydrogen) atoms. The lowest BCUT2D eigenvalue weighted by Gasteiger charge is -2.21. The number of rotatable bonds is 5. The topological polar surface area (TPSA) is 52.6 Å². The predicted molar refractivity (Wildman–Crippen MR) is 108 cm³/mol. The van der Waals surface area contributed by atoms with Gasteiger partial charge in [0.15, 0.2) is 0 Å². The highest BCUT2D eigenvalue weighted by molar-refractivity contribution is 6.37. The molecule has 3 rings (SSSR count). The Labute approximate surface area is 157 Å². The van der Waals surface area contributed by atoms with Gasteiger partial charge in [-0.1, -0.05) is 54.1 Å². The molecule has 0 aliphatic rings. The third-order valence-electron chi connectivity index (χ3n) is 4.09. The second-order valence-corrected chi connectivity index (χ2v) is 6.44. The molecule has 0 fully saturated rings. The van der Waals surface area contributed by atoms with E-state index in [4.69, 9.17) is 11.6 Å². The van der Waals surface area contributed by atoms with Crippen LogP contribution in [0.15, 0.2) is 66.7 Å². The highest BCUT2D eigenvalue weighted by Crippen LogP contribution is 2.42. The van der Waals surface area contributed by atoms with Crippen LogP contribution in [0.2, 0.25) is 5.02 Å². The molecule has 0 aliphatic heterocycles. The molecule has 0 radical (unpaired) electrons. The van der Waals surface area contributed by atoms with Gasteiger partial charge in [0.2, 0.25) is 0 Å². The van der Waals surface area contributed by atoms with Crippen molar-refractivity contribution >= 4 is 34.6 Å². The monoisotopic (exact) mass is 366 g/mol. The van der Waals surface area contributed by atoms with Crippen molar-refractivity contribution in [1.82, 2.24) is 0 Å². The number of carboxylic acid groups (broad SMARTS) is 1. The molecular weight excluding hydrogens is 348 g/mol. The van der Waals surface area contributed by atoms with Gasteiger partial charge in [0.25, 0.3) is 0 Å². The van der Waals surface area contributed by atoms with E-state index in [1.807, 2.05) is 61.5 Å². The van der Waals surface area contributed by atoms with E-state index in [1.54, 1.807) is 24.3 Å². The summed E-state index contributed by atoms with van der Waals surface area (Å²) >= 11 is 6.71. The standard InChI is InChI=1S/C21H19ClN2O2/c1-24(2)18-13-12-17(19(20(18)22)14-8-4-3-5-9-14)23-16-11-7-6-10-15(16)21(25)26/h3-13,23H,1-2H3,(H,25,26). The second-order valence-electron chi connectivity index (χ2n) is 6.06. The van der Waals surface area contributed by atoms with Crippen LogP contribution in [0.1, 0.15) is 10.4 Å². The first-order valence-electron chi connectivity index (χ1n) is 8.13. The summed E-state index contributed by atoms with van der Waals surface area (Å²) in [5, 5.41) is 13.3. The van der Waals surface area contributed by atoms with Crippen molar-refractivity contribution < 1.29 is 9.90 Å². The number of aromatic carboxylic acids is 1. The molecule has 4 nitrogen and oxygen atoms in total. The molecule has 0 amide bonds. The molecule has 5 heteroatoms. The van der Waals surface area contributed by atoms with Gasteiger partial charge in [0, 0.05) is 25.3 Å². The van der Waals surface area contributed by atoms with Gasteiger partial charge in [-0.25, -0.2) is 4.79 Å². The minimum Gasteiger partial charge on any atom is -0.478 e. The Morgan fingerprint density at radius 1 is 0.923 bits per heavy atom. The zero-order valence-electron chi connectivity index (χ0n) is 14.5.